The molecular weight excluding hydrogens is 273 g/mol. The Balaban J connectivity index is 2.22. The molecule has 6 heteroatoms. The second-order valence-corrected chi connectivity index (χ2v) is 5.40. The van der Waals surface area contributed by atoms with E-state index in [0.29, 0.717) is 13.0 Å². The van der Waals surface area contributed by atoms with Crippen LogP contribution in [0, 0.1) is 11.2 Å². The van der Waals surface area contributed by atoms with Crippen molar-refractivity contribution in [2.24, 2.45) is 5.41 Å². The van der Waals surface area contributed by atoms with E-state index in [4.69, 9.17) is 16.7 Å². The molecule has 0 saturated carbocycles. The molecule has 1 N–H and O–H groups in total. The Labute approximate surface area is 114 Å². The van der Waals surface area contributed by atoms with Crippen LogP contribution in [-0.4, -0.2) is 35.0 Å². The Bertz CT molecular complexity index is 549. The van der Waals surface area contributed by atoms with Gasteiger partial charge in [-0.3, -0.25) is 9.59 Å². The predicted octanol–water partition coefficient (Wildman–Crippen LogP) is 2.42. The quantitative estimate of drug-likeness (QED) is 0.908. The maximum absolute atomic E-state index is 13.6. The van der Waals surface area contributed by atoms with Gasteiger partial charge in [0.2, 0.25) is 0 Å². The molecule has 2 rings (SSSR count). The SMILES string of the molecule is C[C@]1(C(=O)O)CCN(C(=O)c2cc(Cl)ccc2F)C1. The molecule has 4 nitrogen and oxygen atoms in total. The number of rotatable bonds is 2. The van der Waals surface area contributed by atoms with E-state index in [2.05, 4.69) is 0 Å². The number of hydrogen-bond donors (Lipinski definition) is 1. The molecule has 0 spiro atoms. The number of amides is 1. The fourth-order valence-electron chi connectivity index (χ4n) is 2.14. The van der Waals surface area contributed by atoms with Gasteiger partial charge >= 0.3 is 5.97 Å². The minimum Gasteiger partial charge on any atom is -0.481 e. The lowest BCUT2D eigenvalue weighted by Crippen LogP contribution is -2.35. The lowest BCUT2D eigenvalue weighted by molar-refractivity contribution is -0.147. The highest BCUT2D eigenvalue weighted by molar-refractivity contribution is 6.31. The number of carbonyl (C=O) groups excluding carboxylic acids is 1. The van der Waals surface area contributed by atoms with Crippen LogP contribution in [0.2, 0.25) is 5.02 Å². The zero-order chi connectivity index (χ0) is 14.2. The lowest BCUT2D eigenvalue weighted by Gasteiger charge is -2.20. The number of likely N-dealkylation sites (tertiary alicyclic amines) is 1. The fourth-order valence-corrected chi connectivity index (χ4v) is 2.31. The van der Waals surface area contributed by atoms with Crippen LogP contribution in [-0.2, 0) is 4.79 Å². The molecule has 1 atom stereocenters. The van der Waals surface area contributed by atoms with Crippen LogP contribution < -0.4 is 0 Å². The van der Waals surface area contributed by atoms with Gasteiger partial charge in [0, 0.05) is 18.1 Å². The maximum atomic E-state index is 13.6. The topological polar surface area (TPSA) is 57.6 Å². The van der Waals surface area contributed by atoms with Crippen LogP contribution in [0.15, 0.2) is 18.2 Å². The first kappa shape index (κ1) is 13.8. The van der Waals surface area contributed by atoms with Crippen molar-refractivity contribution in [3.05, 3.63) is 34.6 Å². The van der Waals surface area contributed by atoms with Crippen molar-refractivity contribution in [1.82, 2.24) is 4.90 Å². The van der Waals surface area contributed by atoms with E-state index < -0.39 is 23.1 Å². The van der Waals surface area contributed by atoms with Crippen molar-refractivity contribution >= 4 is 23.5 Å². The van der Waals surface area contributed by atoms with E-state index in [1.54, 1.807) is 6.92 Å². The van der Waals surface area contributed by atoms with Gasteiger partial charge in [-0.2, -0.15) is 0 Å². The van der Waals surface area contributed by atoms with E-state index in [9.17, 15) is 14.0 Å². The molecule has 102 valence electrons. The summed E-state index contributed by atoms with van der Waals surface area (Å²) in [5.74, 6) is -2.13. The molecule has 1 amide bonds. The van der Waals surface area contributed by atoms with E-state index in [-0.39, 0.29) is 17.1 Å². The Morgan fingerprint density at radius 2 is 2.16 bits per heavy atom. The van der Waals surface area contributed by atoms with Crippen LogP contribution in [0.3, 0.4) is 0 Å². The van der Waals surface area contributed by atoms with E-state index in [1.807, 2.05) is 0 Å². The molecule has 1 aromatic carbocycles. The predicted molar refractivity (Wildman–Crippen MR) is 67.7 cm³/mol. The number of carbonyl (C=O) groups is 2. The standard InChI is InChI=1S/C13H13ClFNO3/c1-13(12(18)19)4-5-16(7-13)11(17)9-6-8(14)2-3-10(9)15/h2-3,6H,4-5,7H2,1H3,(H,18,19)/t13-/m0/s1. The van der Waals surface area contributed by atoms with Crippen molar-refractivity contribution in [2.45, 2.75) is 13.3 Å². The third kappa shape index (κ3) is 2.56. The molecule has 1 aromatic rings. The summed E-state index contributed by atoms with van der Waals surface area (Å²) in [6, 6.07) is 3.75. The first-order valence-electron chi connectivity index (χ1n) is 5.81. The highest BCUT2D eigenvalue weighted by Gasteiger charge is 2.42. The van der Waals surface area contributed by atoms with Gasteiger partial charge in [-0.1, -0.05) is 11.6 Å². The van der Waals surface area contributed by atoms with Gasteiger partial charge in [0.15, 0.2) is 0 Å². The molecule has 0 radical (unpaired) electrons. The Morgan fingerprint density at radius 3 is 2.74 bits per heavy atom. The van der Waals surface area contributed by atoms with Crippen molar-refractivity contribution in [1.29, 1.82) is 0 Å². The van der Waals surface area contributed by atoms with Crippen LogP contribution in [0.25, 0.3) is 0 Å². The van der Waals surface area contributed by atoms with Crippen molar-refractivity contribution in [3.63, 3.8) is 0 Å². The summed E-state index contributed by atoms with van der Waals surface area (Å²) in [5.41, 5.74) is -1.09. The molecule has 0 bridgehead atoms. The van der Waals surface area contributed by atoms with Crippen LogP contribution in [0.5, 0.6) is 0 Å². The lowest BCUT2D eigenvalue weighted by atomic mass is 9.90. The minimum atomic E-state index is -0.968. The number of benzene rings is 1. The zero-order valence-electron chi connectivity index (χ0n) is 10.3. The molecule has 0 aromatic heterocycles. The second-order valence-electron chi connectivity index (χ2n) is 4.97. The van der Waals surface area contributed by atoms with Crippen molar-refractivity contribution < 1.29 is 19.1 Å². The molecule has 1 aliphatic heterocycles. The van der Waals surface area contributed by atoms with Gasteiger partial charge in [-0.05, 0) is 31.5 Å². The van der Waals surface area contributed by atoms with Gasteiger partial charge in [0.1, 0.15) is 5.82 Å². The molecule has 1 heterocycles. The fraction of sp³-hybridized carbons (Fsp3) is 0.385. The summed E-state index contributed by atoms with van der Waals surface area (Å²) in [6.45, 7) is 1.96. The molecular formula is C13H13ClFNO3. The summed E-state index contributed by atoms with van der Waals surface area (Å²) in [6.07, 6.45) is 0.357. The summed E-state index contributed by atoms with van der Waals surface area (Å²) < 4.78 is 13.6. The minimum absolute atomic E-state index is 0.0765. The largest absolute Gasteiger partial charge is 0.481 e. The Morgan fingerprint density at radius 1 is 1.47 bits per heavy atom. The molecule has 1 fully saturated rings. The van der Waals surface area contributed by atoms with Gasteiger partial charge in [-0.15, -0.1) is 0 Å². The Hall–Kier alpha value is -1.62. The van der Waals surface area contributed by atoms with Gasteiger partial charge in [0.05, 0.1) is 11.0 Å². The molecule has 0 unspecified atom stereocenters. The highest BCUT2D eigenvalue weighted by Crippen LogP contribution is 2.31. The van der Waals surface area contributed by atoms with Crippen LogP contribution in [0.1, 0.15) is 23.7 Å². The van der Waals surface area contributed by atoms with Gasteiger partial charge < -0.3 is 10.0 Å². The number of hydrogen-bond acceptors (Lipinski definition) is 2. The smallest absolute Gasteiger partial charge is 0.311 e. The van der Waals surface area contributed by atoms with Crippen LogP contribution in [0.4, 0.5) is 4.39 Å². The average molecular weight is 286 g/mol. The third-order valence-electron chi connectivity index (χ3n) is 3.44. The molecule has 19 heavy (non-hydrogen) atoms. The first-order valence-corrected chi connectivity index (χ1v) is 6.19. The summed E-state index contributed by atoms with van der Waals surface area (Å²) in [4.78, 5) is 24.6. The van der Waals surface area contributed by atoms with Gasteiger partial charge in [0.25, 0.3) is 5.91 Å². The normalized spacial score (nSPS) is 22.6. The number of aliphatic carboxylic acids is 1. The molecule has 1 aliphatic rings. The summed E-state index contributed by atoms with van der Waals surface area (Å²) in [7, 11) is 0. The van der Waals surface area contributed by atoms with Gasteiger partial charge in [-0.25, -0.2) is 4.39 Å². The zero-order valence-corrected chi connectivity index (χ0v) is 11.1. The number of carboxylic acid groups (broad SMARTS) is 1. The number of halogens is 2. The van der Waals surface area contributed by atoms with Crippen molar-refractivity contribution in [3.8, 4) is 0 Å². The highest BCUT2D eigenvalue weighted by atomic mass is 35.5. The average Bonchev–Trinajstić information content (AvgIpc) is 2.76. The summed E-state index contributed by atoms with van der Waals surface area (Å²) in [5, 5.41) is 9.38. The number of carboxylic acids is 1. The van der Waals surface area contributed by atoms with E-state index >= 15 is 0 Å². The first-order chi connectivity index (χ1) is 8.83. The molecule has 1 saturated heterocycles. The maximum Gasteiger partial charge on any atom is 0.311 e. The Kier molecular flexibility index (Phi) is 3.49. The van der Waals surface area contributed by atoms with Crippen molar-refractivity contribution in [2.75, 3.05) is 13.1 Å². The molecule has 0 aliphatic carbocycles. The second kappa shape index (κ2) is 4.81. The van der Waals surface area contributed by atoms with E-state index in [0.717, 1.165) is 6.07 Å². The number of nitrogens with zero attached hydrogens (tertiary/aromatic N) is 1. The van der Waals surface area contributed by atoms with Crippen LogP contribution >= 0.6 is 11.6 Å². The monoisotopic (exact) mass is 285 g/mol. The summed E-state index contributed by atoms with van der Waals surface area (Å²) >= 11 is 5.74. The third-order valence-corrected chi connectivity index (χ3v) is 3.67. The van der Waals surface area contributed by atoms with E-state index in [1.165, 1.54) is 17.0 Å².